The molecule has 1 aromatic heterocycles. The van der Waals surface area contributed by atoms with Crippen molar-refractivity contribution in [1.29, 1.82) is 5.26 Å². The number of amides is 2. The van der Waals surface area contributed by atoms with E-state index in [1.165, 1.54) is 37.1 Å². The molecule has 1 atom stereocenters. The van der Waals surface area contributed by atoms with Crippen molar-refractivity contribution in [2.45, 2.75) is 109 Å². The molecular weight excluding hydrogens is 750 g/mol. The Bertz CT molecular complexity index is 2130. The lowest BCUT2D eigenvalue weighted by molar-refractivity contribution is -0.125. The van der Waals surface area contributed by atoms with Crippen molar-refractivity contribution in [1.82, 2.24) is 20.2 Å². The maximum Gasteiger partial charge on any atom is 0.261 e. The van der Waals surface area contributed by atoms with Crippen LogP contribution in [0.3, 0.4) is 0 Å². The quantitative estimate of drug-likeness (QED) is 0.0786. The summed E-state index contributed by atoms with van der Waals surface area (Å²) in [4.78, 5) is 43.2. The third-order valence-electron chi connectivity index (χ3n) is 11.3. The van der Waals surface area contributed by atoms with Crippen LogP contribution >= 0.6 is 0 Å². The number of piperidine rings is 1. The number of benzene rings is 3. The van der Waals surface area contributed by atoms with Gasteiger partial charge in [-0.3, -0.25) is 19.7 Å². The lowest BCUT2D eigenvalue weighted by Gasteiger charge is -2.44. The highest BCUT2D eigenvalue weighted by Crippen LogP contribution is 2.40. The van der Waals surface area contributed by atoms with Crippen LogP contribution in [0, 0.1) is 28.8 Å². The molecule has 2 saturated heterocycles. The van der Waals surface area contributed by atoms with E-state index in [-0.39, 0.29) is 50.9 Å². The fraction of sp³-hybridized carbons (Fsp3) is 0.465. The number of nitriles is 1. The second-order valence-electron chi connectivity index (χ2n) is 14.7. The zero-order valence-corrected chi connectivity index (χ0v) is 33.3. The minimum absolute atomic E-state index is 0.0529. The minimum Gasteiger partial charge on any atom is -0.398 e. The molecule has 3 aliphatic rings. The molecule has 0 radical (unpaired) electrons. The van der Waals surface area contributed by atoms with Gasteiger partial charge >= 0.3 is 0 Å². The first-order valence-electron chi connectivity index (χ1n) is 20.2. The van der Waals surface area contributed by atoms with Crippen LogP contribution in [0.25, 0.3) is 10.9 Å². The number of aromatic nitrogens is 2. The number of nitrogens with one attached hydrogen (secondary N) is 4. The molecule has 6 N–H and O–H groups in total. The van der Waals surface area contributed by atoms with E-state index >= 15 is 4.39 Å². The van der Waals surface area contributed by atoms with Gasteiger partial charge in [-0.25, -0.2) is 18.2 Å². The van der Waals surface area contributed by atoms with Crippen LogP contribution < -0.4 is 27.2 Å². The topological polar surface area (TPSA) is 178 Å². The number of H-pyrrole nitrogens is 1. The largest absolute Gasteiger partial charge is 0.398 e. The van der Waals surface area contributed by atoms with Gasteiger partial charge in [0.1, 0.15) is 34.7 Å². The van der Waals surface area contributed by atoms with E-state index in [1.54, 1.807) is 6.07 Å². The SMILES string of the molecule is CC.CCCC(Nc1ccc(C2CCC(N3CCC4(CCCO4)CC3)CC2)c(F)c1)C(=O)NC=O.N#Cc1c(N)ccc(F)c1Nc1ccc2nc[nH]c(=O)c2c1F. The van der Waals surface area contributed by atoms with Gasteiger partial charge < -0.3 is 31.0 Å². The number of nitrogens with two attached hydrogens (primary N) is 1. The lowest BCUT2D eigenvalue weighted by atomic mass is 9.79. The van der Waals surface area contributed by atoms with Gasteiger partial charge in [-0.1, -0.05) is 33.3 Å². The summed E-state index contributed by atoms with van der Waals surface area (Å²) in [6, 6.07) is 12.0. The standard InChI is InChI=1S/C26H38FN3O3.C15H9F2N5O.C2H6/c1-2-4-24(25(32)28-18-31)29-20-7-10-22(23(27)17-20)19-5-8-21(9-6-19)30-14-12-26(13-15-30)11-3-16-33-26;16-8-1-2-9(19)7(5-18)14(8)22-11-4-3-10-12(13(11)17)15(23)21-6-20-10;1-2/h7,10,17-19,21,24,29H,2-6,8-9,11-16H2,1H3,(H,28,31,32);1-4,6,22H,19H2,(H,20,21,23);1-2H3. The lowest BCUT2D eigenvalue weighted by Crippen LogP contribution is -2.48. The first-order chi connectivity index (χ1) is 28.1. The van der Waals surface area contributed by atoms with Crippen molar-refractivity contribution in [3.8, 4) is 6.07 Å². The number of ether oxygens (including phenoxy) is 1. The zero-order chi connectivity index (χ0) is 41.8. The van der Waals surface area contributed by atoms with Gasteiger partial charge in [-0.05, 0) is 106 Å². The van der Waals surface area contributed by atoms with Crippen LogP contribution in [0.5, 0.6) is 0 Å². The van der Waals surface area contributed by atoms with Crippen molar-refractivity contribution >= 4 is 46.0 Å². The second-order valence-corrected chi connectivity index (χ2v) is 14.7. The average molecular weight is 803 g/mol. The van der Waals surface area contributed by atoms with E-state index in [4.69, 9.17) is 15.7 Å². The molecule has 15 heteroatoms. The van der Waals surface area contributed by atoms with Crippen molar-refractivity contribution in [3.05, 3.63) is 87.7 Å². The Morgan fingerprint density at radius 2 is 1.83 bits per heavy atom. The molecule has 2 amide bonds. The molecular formula is C43H53F3N8O4. The number of nitrogen functional groups attached to an aromatic ring is 1. The van der Waals surface area contributed by atoms with E-state index in [9.17, 15) is 23.2 Å². The van der Waals surface area contributed by atoms with Crippen molar-refractivity contribution in [2.24, 2.45) is 0 Å². The molecule has 4 aromatic rings. The van der Waals surface area contributed by atoms with Crippen LogP contribution in [0.2, 0.25) is 0 Å². The van der Waals surface area contributed by atoms with E-state index in [2.05, 4.69) is 30.8 Å². The van der Waals surface area contributed by atoms with Gasteiger partial charge in [-0.2, -0.15) is 5.26 Å². The maximum atomic E-state index is 15.0. The van der Waals surface area contributed by atoms with E-state index < -0.39 is 29.1 Å². The molecule has 310 valence electrons. The zero-order valence-electron chi connectivity index (χ0n) is 33.3. The Morgan fingerprint density at radius 1 is 1.09 bits per heavy atom. The minimum atomic E-state index is -0.900. The van der Waals surface area contributed by atoms with Gasteiger partial charge in [0.2, 0.25) is 12.3 Å². The Hall–Kier alpha value is -5.46. The number of nitrogens with zero attached hydrogens (tertiary/aromatic N) is 3. The van der Waals surface area contributed by atoms with E-state index in [0.717, 1.165) is 82.6 Å². The van der Waals surface area contributed by atoms with Gasteiger partial charge in [0.15, 0.2) is 5.82 Å². The average Bonchev–Trinajstić information content (AvgIpc) is 3.69. The fourth-order valence-electron chi connectivity index (χ4n) is 8.25. The monoisotopic (exact) mass is 802 g/mol. The summed E-state index contributed by atoms with van der Waals surface area (Å²) in [6.45, 7) is 9.14. The molecule has 1 saturated carbocycles. The first kappa shape index (κ1) is 43.7. The number of likely N-dealkylation sites (tertiary alicyclic amines) is 1. The number of halogens is 3. The first-order valence-corrected chi connectivity index (χ1v) is 20.2. The molecule has 0 bridgehead atoms. The van der Waals surface area contributed by atoms with Gasteiger partial charge in [0.25, 0.3) is 5.56 Å². The van der Waals surface area contributed by atoms with Gasteiger partial charge in [-0.15, -0.1) is 0 Å². The molecule has 3 fully saturated rings. The highest BCUT2D eigenvalue weighted by atomic mass is 19.1. The van der Waals surface area contributed by atoms with E-state index in [0.29, 0.717) is 24.6 Å². The number of aromatic amines is 1. The second kappa shape index (κ2) is 20.3. The summed E-state index contributed by atoms with van der Waals surface area (Å²) >= 11 is 0. The summed E-state index contributed by atoms with van der Waals surface area (Å²) in [5.41, 5.74) is 6.10. The molecule has 3 aromatic carbocycles. The van der Waals surface area contributed by atoms with Crippen molar-refractivity contribution < 1.29 is 27.5 Å². The predicted octanol–water partition coefficient (Wildman–Crippen LogP) is 7.78. The summed E-state index contributed by atoms with van der Waals surface area (Å²) in [7, 11) is 0. The predicted molar refractivity (Wildman–Crippen MR) is 219 cm³/mol. The third-order valence-corrected chi connectivity index (χ3v) is 11.3. The van der Waals surface area contributed by atoms with Crippen molar-refractivity contribution in [3.63, 3.8) is 0 Å². The molecule has 7 rings (SSSR count). The number of hydrogen-bond donors (Lipinski definition) is 5. The highest BCUT2D eigenvalue weighted by Gasteiger charge is 2.40. The smallest absolute Gasteiger partial charge is 0.261 e. The number of imide groups is 1. The number of hydrogen-bond acceptors (Lipinski definition) is 10. The molecule has 2 aliphatic heterocycles. The van der Waals surface area contributed by atoms with Crippen molar-refractivity contribution in [2.75, 3.05) is 36.1 Å². The molecule has 1 aliphatic carbocycles. The van der Waals surface area contributed by atoms with Crippen LogP contribution in [-0.4, -0.2) is 64.6 Å². The Balaban J connectivity index is 0.000000224. The molecule has 1 unspecified atom stereocenters. The Labute approximate surface area is 336 Å². The molecule has 58 heavy (non-hydrogen) atoms. The van der Waals surface area contributed by atoms with Crippen LogP contribution in [0.1, 0.15) is 102 Å². The van der Waals surface area contributed by atoms with E-state index in [1.807, 2.05) is 32.9 Å². The number of rotatable bonds is 10. The number of fused-ring (bicyclic) bond motifs is 1. The van der Waals surface area contributed by atoms with Crippen LogP contribution in [0.4, 0.5) is 35.9 Å². The Morgan fingerprint density at radius 3 is 2.47 bits per heavy atom. The maximum absolute atomic E-state index is 15.0. The van der Waals surface area contributed by atoms with Gasteiger partial charge in [0.05, 0.1) is 34.5 Å². The van der Waals surface area contributed by atoms with Crippen LogP contribution in [0.15, 0.2) is 53.6 Å². The number of carbonyl (C=O) groups excluding carboxylic acids is 2. The molecule has 12 nitrogen and oxygen atoms in total. The molecule has 3 heterocycles. The summed E-state index contributed by atoms with van der Waals surface area (Å²) in [5, 5.41) is 16.6. The Kier molecular flexibility index (Phi) is 15.3. The highest BCUT2D eigenvalue weighted by molar-refractivity contribution is 5.91. The summed E-state index contributed by atoms with van der Waals surface area (Å²) in [6.07, 6.45) is 11.9. The van der Waals surface area contributed by atoms with Crippen LogP contribution in [-0.2, 0) is 14.3 Å². The van der Waals surface area contributed by atoms with Gasteiger partial charge in [0, 0.05) is 31.4 Å². The number of carbonyl (C=O) groups is 2. The molecule has 1 spiro atoms. The fourth-order valence-corrected chi connectivity index (χ4v) is 8.25. The summed E-state index contributed by atoms with van der Waals surface area (Å²) < 4.78 is 49.6. The summed E-state index contributed by atoms with van der Waals surface area (Å²) in [5.74, 6) is -2.03. The third kappa shape index (κ3) is 10.2. The number of anilines is 4. The normalized spacial score (nSPS) is 19.1.